The van der Waals surface area contributed by atoms with Crippen molar-refractivity contribution in [2.45, 2.75) is 13.8 Å². The van der Waals surface area contributed by atoms with E-state index in [9.17, 15) is 4.79 Å². The molecule has 0 radical (unpaired) electrons. The summed E-state index contributed by atoms with van der Waals surface area (Å²) in [6.07, 6.45) is 0. The molecule has 0 saturated carbocycles. The van der Waals surface area contributed by atoms with E-state index in [4.69, 9.17) is 23.2 Å². The summed E-state index contributed by atoms with van der Waals surface area (Å²) in [6.45, 7) is 3.39. The molecule has 2 rings (SSSR count). The molecule has 0 atom stereocenters. The van der Waals surface area contributed by atoms with Crippen molar-refractivity contribution in [1.82, 2.24) is 4.98 Å². The predicted octanol–water partition coefficient (Wildman–Crippen LogP) is 3.99. The number of nitrogens with one attached hydrogen (secondary N) is 1. The van der Waals surface area contributed by atoms with Crippen LogP contribution in [0.1, 0.15) is 23.0 Å². The van der Waals surface area contributed by atoms with Crippen molar-refractivity contribution < 1.29 is 4.79 Å². The Morgan fingerprint density at radius 3 is 2.60 bits per heavy atom. The van der Waals surface area contributed by atoms with Crippen LogP contribution in [0.5, 0.6) is 0 Å². The van der Waals surface area contributed by atoms with Crippen LogP contribution >= 0.6 is 23.2 Å². The van der Waals surface area contributed by atoms with Gasteiger partial charge in [0.05, 0.1) is 10.7 Å². The van der Waals surface area contributed by atoms with Crippen molar-refractivity contribution in [3.05, 3.63) is 33.4 Å². The average molecular weight is 242 g/mol. The van der Waals surface area contributed by atoms with Crippen LogP contribution < -0.4 is 0 Å². The van der Waals surface area contributed by atoms with Gasteiger partial charge in [-0.2, -0.15) is 0 Å². The van der Waals surface area contributed by atoms with Gasteiger partial charge in [0, 0.05) is 22.8 Å². The van der Waals surface area contributed by atoms with Gasteiger partial charge in [-0.25, -0.2) is 0 Å². The fraction of sp³-hybridized carbons (Fsp3) is 0.182. The van der Waals surface area contributed by atoms with Crippen LogP contribution in [0.3, 0.4) is 0 Å². The first-order valence-corrected chi connectivity index (χ1v) is 5.24. The number of hydrogen-bond acceptors (Lipinski definition) is 1. The lowest BCUT2D eigenvalue weighted by molar-refractivity contribution is 0.101. The van der Waals surface area contributed by atoms with E-state index in [2.05, 4.69) is 4.98 Å². The largest absolute Gasteiger partial charge is 0.352 e. The molecule has 0 aliphatic carbocycles. The summed E-state index contributed by atoms with van der Waals surface area (Å²) >= 11 is 11.9. The normalized spacial score (nSPS) is 10.9. The minimum absolute atomic E-state index is 0.00381. The van der Waals surface area contributed by atoms with Crippen molar-refractivity contribution in [2.75, 3.05) is 0 Å². The summed E-state index contributed by atoms with van der Waals surface area (Å²) in [5, 5.41) is 1.99. The number of hydrogen-bond donors (Lipinski definition) is 1. The number of H-pyrrole nitrogens is 1. The molecule has 15 heavy (non-hydrogen) atoms. The Balaban J connectivity index is 2.88. The highest BCUT2D eigenvalue weighted by Gasteiger charge is 2.13. The lowest BCUT2D eigenvalue weighted by atomic mass is 10.1. The maximum absolute atomic E-state index is 11.3. The highest BCUT2D eigenvalue weighted by atomic mass is 35.5. The van der Waals surface area contributed by atoms with Gasteiger partial charge in [-0.05, 0) is 24.6 Å². The molecular weight excluding hydrogens is 233 g/mol. The maximum atomic E-state index is 11.3. The molecule has 1 heterocycles. The first kappa shape index (κ1) is 10.5. The van der Waals surface area contributed by atoms with Gasteiger partial charge in [-0.3, -0.25) is 4.79 Å². The van der Waals surface area contributed by atoms with Crippen LogP contribution in [-0.4, -0.2) is 10.8 Å². The highest BCUT2D eigenvalue weighted by molar-refractivity contribution is 6.39. The summed E-state index contributed by atoms with van der Waals surface area (Å²) in [6, 6.07) is 3.44. The molecule has 0 bridgehead atoms. The third kappa shape index (κ3) is 1.64. The highest BCUT2D eigenvalue weighted by Crippen LogP contribution is 2.31. The summed E-state index contributed by atoms with van der Waals surface area (Å²) in [4.78, 5) is 14.4. The van der Waals surface area contributed by atoms with E-state index in [0.29, 0.717) is 15.7 Å². The van der Waals surface area contributed by atoms with Crippen molar-refractivity contribution >= 4 is 39.9 Å². The van der Waals surface area contributed by atoms with E-state index < -0.39 is 0 Å². The lowest BCUT2D eigenvalue weighted by Gasteiger charge is -1.96. The Kier molecular flexibility index (Phi) is 2.49. The van der Waals surface area contributed by atoms with Crippen molar-refractivity contribution in [1.29, 1.82) is 0 Å². The number of carbonyl (C=O) groups is 1. The first-order valence-electron chi connectivity index (χ1n) is 4.49. The second-order valence-corrected chi connectivity index (χ2v) is 4.33. The number of halogens is 2. The Bertz CT molecular complexity index is 557. The third-order valence-electron chi connectivity index (χ3n) is 2.42. The summed E-state index contributed by atoms with van der Waals surface area (Å²) in [7, 11) is 0. The molecule has 0 amide bonds. The van der Waals surface area contributed by atoms with Gasteiger partial charge < -0.3 is 4.98 Å². The fourth-order valence-electron chi connectivity index (χ4n) is 1.76. The quantitative estimate of drug-likeness (QED) is 0.753. The van der Waals surface area contributed by atoms with Gasteiger partial charge in [-0.1, -0.05) is 23.2 Å². The van der Waals surface area contributed by atoms with Crippen molar-refractivity contribution in [3.8, 4) is 0 Å². The van der Waals surface area contributed by atoms with E-state index in [-0.39, 0.29) is 5.78 Å². The molecule has 0 fully saturated rings. The van der Waals surface area contributed by atoms with Gasteiger partial charge in [0.2, 0.25) is 0 Å². The monoisotopic (exact) mass is 241 g/mol. The number of ketones is 1. The molecule has 0 spiro atoms. The number of Topliss-reactive ketones (excluding diaryl/α,β-unsaturated/α-hetero) is 1. The first-order chi connectivity index (χ1) is 7.00. The van der Waals surface area contributed by atoms with Gasteiger partial charge in [0.1, 0.15) is 0 Å². The van der Waals surface area contributed by atoms with E-state index in [1.54, 1.807) is 12.1 Å². The van der Waals surface area contributed by atoms with Gasteiger partial charge in [0.15, 0.2) is 5.78 Å². The third-order valence-corrected chi connectivity index (χ3v) is 2.93. The maximum Gasteiger partial charge on any atom is 0.176 e. The second kappa shape index (κ2) is 3.54. The second-order valence-electron chi connectivity index (χ2n) is 3.49. The zero-order valence-corrected chi connectivity index (χ0v) is 9.83. The van der Waals surface area contributed by atoms with Gasteiger partial charge in [-0.15, -0.1) is 0 Å². The fourth-order valence-corrected chi connectivity index (χ4v) is 2.39. The Labute approximate surface area is 97.2 Å². The topological polar surface area (TPSA) is 32.9 Å². The molecule has 4 heteroatoms. The molecule has 1 aromatic carbocycles. The molecule has 0 saturated heterocycles. The molecule has 0 aliphatic rings. The molecule has 2 aromatic rings. The Morgan fingerprint density at radius 1 is 1.33 bits per heavy atom. The summed E-state index contributed by atoms with van der Waals surface area (Å²) < 4.78 is 0. The average Bonchev–Trinajstić information content (AvgIpc) is 2.42. The van der Waals surface area contributed by atoms with E-state index in [0.717, 1.165) is 16.5 Å². The lowest BCUT2D eigenvalue weighted by Crippen LogP contribution is -1.93. The van der Waals surface area contributed by atoms with E-state index in [1.807, 2.05) is 6.92 Å². The van der Waals surface area contributed by atoms with Gasteiger partial charge >= 0.3 is 0 Å². The van der Waals surface area contributed by atoms with Gasteiger partial charge in [0.25, 0.3) is 0 Å². The number of aryl methyl sites for hydroxylation is 1. The summed E-state index contributed by atoms with van der Waals surface area (Å²) in [5.74, 6) is -0.00381. The van der Waals surface area contributed by atoms with Crippen LogP contribution in [-0.2, 0) is 0 Å². The smallest absolute Gasteiger partial charge is 0.176 e. The zero-order chi connectivity index (χ0) is 11.2. The molecular formula is C11H9Cl2NO. The molecule has 1 N–H and O–H groups in total. The number of benzene rings is 1. The minimum atomic E-state index is -0.00381. The summed E-state index contributed by atoms with van der Waals surface area (Å²) in [5.41, 5.74) is 2.27. The van der Waals surface area contributed by atoms with Crippen LogP contribution in [0.4, 0.5) is 0 Å². The minimum Gasteiger partial charge on any atom is -0.352 e. The van der Waals surface area contributed by atoms with E-state index >= 15 is 0 Å². The zero-order valence-electron chi connectivity index (χ0n) is 8.32. The standard InChI is InChI=1S/C11H9Cl2NO/c1-5-10-8(13)3-7(12)4-9(10)14-11(5)6(2)15/h3-4,14H,1-2H3. The van der Waals surface area contributed by atoms with Crippen molar-refractivity contribution in [2.24, 2.45) is 0 Å². The predicted molar refractivity (Wildman–Crippen MR) is 63.1 cm³/mol. The van der Waals surface area contributed by atoms with Crippen LogP contribution in [0.15, 0.2) is 12.1 Å². The molecule has 78 valence electrons. The Hall–Kier alpha value is -0.990. The number of rotatable bonds is 1. The SMILES string of the molecule is CC(=O)c1[nH]c2cc(Cl)cc(Cl)c2c1C. The number of aromatic amines is 1. The molecule has 1 aromatic heterocycles. The van der Waals surface area contributed by atoms with Crippen LogP contribution in [0.25, 0.3) is 10.9 Å². The number of carbonyl (C=O) groups excluding carboxylic acids is 1. The molecule has 0 aliphatic heterocycles. The number of fused-ring (bicyclic) bond motifs is 1. The molecule has 2 nitrogen and oxygen atoms in total. The van der Waals surface area contributed by atoms with Crippen LogP contribution in [0.2, 0.25) is 10.0 Å². The molecule has 0 unspecified atom stereocenters. The van der Waals surface area contributed by atoms with Crippen molar-refractivity contribution in [3.63, 3.8) is 0 Å². The van der Waals surface area contributed by atoms with Crippen LogP contribution in [0, 0.1) is 6.92 Å². The number of aromatic nitrogens is 1. The Morgan fingerprint density at radius 2 is 2.00 bits per heavy atom. The van der Waals surface area contributed by atoms with E-state index in [1.165, 1.54) is 6.92 Å².